The molecule has 0 saturated carbocycles. The lowest BCUT2D eigenvalue weighted by Crippen LogP contribution is -2.36. The molecule has 0 aliphatic carbocycles. The number of benzene rings is 1. The Bertz CT molecular complexity index is 943. The Morgan fingerprint density at radius 3 is 2.69 bits per heavy atom. The number of nitrogens with zero attached hydrogens (tertiary/aromatic N) is 3. The van der Waals surface area contributed by atoms with Gasteiger partial charge in [-0.2, -0.15) is 0 Å². The van der Waals surface area contributed by atoms with Crippen molar-refractivity contribution in [2.75, 3.05) is 16.4 Å². The van der Waals surface area contributed by atoms with E-state index in [2.05, 4.69) is 39.5 Å². The molecule has 2 aromatic rings. The first-order valence-corrected chi connectivity index (χ1v) is 10.5. The van der Waals surface area contributed by atoms with Crippen molar-refractivity contribution in [2.45, 2.75) is 31.8 Å². The van der Waals surface area contributed by atoms with Gasteiger partial charge in [0.1, 0.15) is 0 Å². The van der Waals surface area contributed by atoms with Crippen LogP contribution in [-0.2, 0) is 16.3 Å². The first-order valence-electron chi connectivity index (χ1n) is 8.65. The van der Waals surface area contributed by atoms with Gasteiger partial charge in [0, 0.05) is 17.8 Å². The highest BCUT2D eigenvalue weighted by atomic mass is 32.2. The summed E-state index contributed by atoms with van der Waals surface area (Å²) in [5.74, 6) is 0.421. The molecule has 1 N–H and O–H groups in total. The maximum Gasteiger partial charge on any atom is 0.272 e. The number of para-hydroxylation sites is 1. The summed E-state index contributed by atoms with van der Waals surface area (Å²) in [6, 6.07) is 11.5. The third kappa shape index (κ3) is 3.16. The number of fused-ring (bicyclic) bond motifs is 1. The second-order valence-electron chi connectivity index (χ2n) is 6.90. The van der Waals surface area contributed by atoms with Crippen molar-refractivity contribution in [1.82, 2.24) is 15.5 Å². The second-order valence-corrected chi connectivity index (χ2v) is 9.13. The maximum atomic E-state index is 12.3. The Hall–Kier alpha value is -2.48. The Morgan fingerprint density at radius 1 is 1.19 bits per heavy atom. The number of hydrogen-bond donors (Lipinski definition) is 1. The number of carbonyl (C=O) groups excluding carboxylic acids is 1. The highest BCUT2D eigenvalue weighted by Gasteiger charge is 2.30. The summed E-state index contributed by atoms with van der Waals surface area (Å²) in [4.78, 5) is 14.4. The molecule has 2 aliphatic heterocycles. The molecule has 0 radical (unpaired) electrons. The standard InChI is InChI=1S/C18H20N4O3S/c1-12-10-13-4-2-3-5-16(13)22(12)17-7-6-15(20-21-17)18(23)19-14-8-9-26(24,25)11-14/h2-7,12,14H,8-11H2,1H3,(H,19,23). The molecular weight excluding hydrogens is 352 g/mol. The molecule has 2 aliphatic rings. The Morgan fingerprint density at radius 2 is 2.00 bits per heavy atom. The zero-order valence-electron chi connectivity index (χ0n) is 14.4. The lowest BCUT2D eigenvalue weighted by atomic mass is 10.1. The van der Waals surface area contributed by atoms with Crippen LogP contribution in [0.3, 0.4) is 0 Å². The smallest absolute Gasteiger partial charge is 0.272 e. The molecular formula is C18H20N4O3S. The normalized spacial score (nSPS) is 23.7. The van der Waals surface area contributed by atoms with E-state index in [9.17, 15) is 13.2 Å². The molecule has 0 spiro atoms. The SMILES string of the molecule is CC1Cc2ccccc2N1c1ccc(C(=O)NC2CCS(=O)(=O)C2)nn1. The number of aromatic nitrogens is 2. The number of rotatable bonds is 3. The van der Waals surface area contributed by atoms with Gasteiger partial charge in [-0.15, -0.1) is 10.2 Å². The summed E-state index contributed by atoms with van der Waals surface area (Å²) in [5, 5.41) is 11.0. The van der Waals surface area contributed by atoms with E-state index in [1.807, 2.05) is 12.1 Å². The summed E-state index contributed by atoms with van der Waals surface area (Å²) in [7, 11) is -3.03. The topological polar surface area (TPSA) is 92.3 Å². The average Bonchev–Trinajstić information content (AvgIpc) is 3.13. The maximum absolute atomic E-state index is 12.3. The Labute approximate surface area is 152 Å². The van der Waals surface area contributed by atoms with E-state index in [1.165, 1.54) is 5.56 Å². The van der Waals surface area contributed by atoms with Crippen molar-refractivity contribution in [1.29, 1.82) is 0 Å². The van der Waals surface area contributed by atoms with Crippen LogP contribution < -0.4 is 10.2 Å². The van der Waals surface area contributed by atoms with Gasteiger partial charge in [0.25, 0.3) is 5.91 Å². The molecule has 4 rings (SSSR count). The van der Waals surface area contributed by atoms with Gasteiger partial charge in [-0.25, -0.2) is 8.42 Å². The summed E-state index contributed by atoms with van der Waals surface area (Å²) in [5.41, 5.74) is 2.58. The molecule has 1 amide bonds. The van der Waals surface area contributed by atoms with Gasteiger partial charge in [-0.3, -0.25) is 4.79 Å². The predicted molar refractivity (Wildman–Crippen MR) is 98.3 cm³/mol. The highest BCUT2D eigenvalue weighted by molar-refractivity contribution is 7.91. The van der Waals surface area contributed by atoms with Gasteiger partial charge in [0.15, 0.2) is 21.3 Å². The molecule has 2 unspecified atom stereocenters. The van der Waals surface area contributed by atoms with Crippen LogP contribution in [0.1, 0.15) is 29.4 Å². The molecule has 3 heterocycles. The summed E-state index contributed by atoms with van der Waals surface area (Å²) >= 11 is 0. The molecule has 26 heavy (non-hydrogen) atoms. The van der Waals surface area contributed by atoms with Crippen molar-refractivity contribution in [2.24, 2.45) is 0 Å². The van der Waals surface area contributed by atoms with Crippen LogP contribution in [0, 0.1) is 0 Å². The molecule has 8 heteroatoms. The summed E-state index contributed by atoms with van der Waals surface area (Å²) < 4.78 is 23.0. The van der Waals surface area contributed by atoms with Crippen LogP contribution in [0.15, 0.2) is 36.4 Å². The molecule has 136 valence electrons. The van der Waals surface area contributed by atoms with Gasteiger partial charge < -0.3 is 10.2 Å². The van der Waals surface area contributed by atoms with Crippen LogP contribution >= 0.6 is 0 Å². The predicted octanol–water partition coefficient (Wildman–Crippen LogP) is 1.48. The van der Waals surface area contributed by atoms with Crippen LogP contribution in [0.25, 0.3) is 0 Å². The largest absolute Gasteiger partial charge is 0.347 e. The van der Waals surface area contributed by atoms with E-state index >= 15 is 0 Å². The third-order valence-corrected chi connectivity index (χ3v) is 6.67. The quantitative estimate of drug-likeness (QED) is 0.877. The van der Waals surface area contributed by atoms with Gasteiger partial charge >= 0.3 is 0 Å². The zero-order valence-corrected chi connectivity index (χ0v) is 15.2. The Kier molecular flexibility index (Phi) is 4.14. The molecule has 1 aromatic carbocycles. The van der Waals surface area contributed by atoms with Crippen LogP contribution in [0.2, 0.25) is 0 Å². The number of hydrogen-bond acceptors (Lipinski definition) is 6. The first kappa shape index (κ1) is 17.0. The fourth-order valence-corrected chi connectivity index (χ4v) is 5.33. The second kappa shape index (κ2) is 6.35. The molecule has 1 aromatic heterocycles. The third-order valence-electron chi connectivity index (χ3n) is 4.90. The fourth-order valence-electron chi connectivity index (χ4n) is 3.66. The monoisotopic (exact) mass is 372 g/mol. The number of amides is 1. The van der Waals surface area contributed by atoms with E-state index < -0.39 is 9.84 Å². The average molecular weight is 372 g/mol. The van der Waals surface area contributed by atoms with Gasteiger partial charge in [-0.1, -0.05) is 18.2 Å². The van der Waals surface area contributed by atoms with E-state index in [0.717, 1.165) is 12.1 Å². The lowest BCUT2D eigenvalue weighted by molar-refractivity contribution is 0.0935. The van der Waals surface area contributed by atoms with Crippen LogP contribution in [-0.4, -0.2) is 48.1 Å². The highest BCUT2D eigenvalue weighted by Crippen LogP contribution is 2.36. The number of nitrogens with one attached hydrogen (secondary N) is 1. The van der Waals surface area contributed by atoms with Gasteiger partial charge in [0.05, 0.1) is 11.5 Å². The number of carbonyl (C=O) groups is 1. The summed E-state index contributed by atoms with van der Waals surface area (Å²) in [6.45, 7) is 2.13. The minimum atomic E-state index is -3.03. The molecule has 0 bridgehead atoms. The van der Waals surface area contributed by atoms with Crippen molar-refractivity contribution >= 4 is 27.2 Å². The lowest BCUT2D eigenvalue weighted by Gasteiger charge is -2.23. The van der Waals surface area contributed by atoms with Crippen molar-refractivity contribution < 1.29 is 13.2 Å². The van der Waals surface area contributed by atoms with Gasteiger partial charge in [0.2, 0.25) is 0 Å². The molecule has 2 atom stereocenters. The fraction of sp³-hybridized carbons (Fsp3) is 0.389. The Balaban J connectivity index is 1.50. The first-order chi connectivity index (χ1) is 12.4. The zero-order chi connectivity index (χ0) is 18.3. The molecule has 1 saturated heterocycles. The number of anilines is 2. The molecule has 7 nitrogen and oxygen atoms in total. The van der Waals surface area contributed by atoms with E-state index in [4.69, 9.17) is 0 Å². The van der Waals surface area contributed by atoms with Crippen molar-refractivity contribution in [3.63, 3.8) is 0 Å². The van der Waals surface area contributed by atoms with Crippen molar-refractivity contribution in [3.8, 4) is 0 Å². The van der Waals surface area contributed by atoms with Crippen LogP contribution in [0.4, 0.5) is 11.5 Å². The van der Waals surface area contributed by atoms with E-state index in [0.29, 0.717) is 12.2 Å². The minimum absolute atomic E-state index is 0.00761. The summed E-state index contributed by atoms with van der Waals surface area (Å²) in [6.07, 6.45) is 1.39. The number of sulfone groups is 1. The van der Waals surface area contributed by atoms with E-state index in [-0.39, 0.29) is 35.2 Å². The minimum Gasteiger partial charge on any atom is -0.347 e. The van der Waals surface area contributed by atoms with Crippen molar-refractivity contribution in [3.05, 3.63) is 47.7 Å². The van der Waals surface area contributed by atoms with Crippen LogP contribution in [0.5, 0.6) is 0 Å². The van der Waals surface area contributed by atoms with Gasteiger partial charge in [-0.05, 0) is 43.5 Å². The van der Waals surface area contributed by atoms with E-state index in [1.54, 1.807) is 12.1 Å². The molecule has 1 fully saturated rings.